The van der Waals surface area contributed by atoms with E-state index in [0.717, 1.165) is 5.69 Å². The van der Waals surface area contributed by atoms with E-state index in [2.05, 4.69) is 10.3 Å². The molecule has 0 bridgehead atoms. The van der Waals surface area contributed by atoms with Crippen molar-refractivity contribution in [3.8, 4) is 0 Å². The zero-order valence-corrected chi connectivity index (χ0v) is 8.64. The van der Waals surface area contributed by atoms with E-state index in [-0.39, 0.29) is 19.1 Å². The molecule has 2 N–H and O–H groups in total. The van der Waals surface area contributed by atoms with Crippen molar-refractivity contribution in [3.05, 3.63) is 11.4 Å². The highest BCUT2D eigenvalue weighted by atomic mass is 16.3. The summed E-state index contributed by atoms with van der Waals surface area (Å²) < 4.78 is 1.76. The number of nitrogens with zero attached hydrogens (tertiary/aromatic N) is 3. The van der Waals surface area contributed by atoms with Crippen molar-refractivity contribution in [2.24, 2.45) is 0 Å². The Morgan fingerprint density at radius 3 is 2.57 bits per heavy atom. The number of rotatable bonds is 5. The number of hydrogen-bond donors (Lipinski definition) is 2. The van der Waals surface area contributed by atoms with Gasteiger partial charge in [0.05, 0.1) is 12.3 Å². The quantitative estimate of drug-likeness (QED) is 0.714. The van der Waals surface area contributed by atoms with Gasteiger partial charge >= 0.3 is 0 Å². The molecule has 0 aromatic carbocycles. The Balaban J connectivity index is 2.87. The van der Waals surface area contributed by atoms with Crippen molar-refractivity contribution in [1.29, 1.82) is 0 Å². The molecular weight excluding hydrogens is 182 g/mol. The SMILES string of the molecule is CC(C)c1c(CO)nnn1CCCO. The molecule has 5 heteroatoms. The van der Waals surface area contributed by atoms with Crippen molar-refractivity contribution in [1.82, 2.24) is 15.0 Å². The predicted molar refractivity (Wildman–Crippen MR) is 51.7 cm³/mol. The summed E-state index contributed by atoms with van der Waals surface area (Å²) in [7, 11) is 0. The summed E-state index contributed by atoms with van der Waals surface area (Å²) in [5.41, 5.74) is 1.60. The molecule has 80 valence electrons. The second-order valence-electron chi connectivity index (χ2n) is 3.53. The Kier molecular flexibility index (Phi) is 4.03. The Morgan fingerprint density at radius 2 is 2.07 bits per heavy atom. The number of aryl methyl sites for hydroxylation is 1. The second-order valence-corrected chi connectivity index (χ2v) is 3.53. The van der Waals surface area contributed by atoms with E-state index in [0.29, 0.717) is 18.7 Å². The van der Waals surface area contributed by atoms with E-state index >= 15 is 0 Å². The molecule has 0 spiro atoms. The van der Waals surface area contributed by atoms with E-state index in [9.17, 15) is 0 Å². The van der Waals surface area contributed by atoms with Gasteiger partial charge in [-0.25, -0.2) is 4.68 Å². The molecule has 0 unspecified atom stereocenters. The molecule has 14 heavy (non-hydrogen) atoms. The summed E-state index contributed by atoms with van der Waals surface area (Å²) in [6.07, 6.45) is 0.661. The molecule has 0 aliphatic rings. The Bertz CT molecular complexity index is 284. The molecule has 0 aliphatic heterocycles. The lowest BCUT2D eigenvalue weighted by Crippen LogP contribution is -2.09. The molecule has 0 saturated heterocycles. The highest BCUT2D eigenvalue weighted by molar-refractivity contribution is 5.13. The number of hydrogen-bond acceptors (Lipinski definition) is 4. The minimum absolute atomic E-state index is 0.0767. The van der Waals surface area contributed by atoms with Gasteiger partial charge in [-0.2, -0.15) is 0 Å². The molecule has 5 nitrogen and oxygen atoms in total. The summed E-state index contributed by atoms with van der Waals surface area (Å²) in [4.78, 5) is 0. The summed E-state index contributed by atoms with van der Waals surface area (Å²) in [6.45, 7) is 4.79. The summed E-state index contributed by atoms with van der Waals surface area (Å²) >= 11 is 0. The van der Waals surface area contributed by atoms with Gasteiger partial charge in [0.1, 0.15) is 5.69 Å². The average molecular weight is 199 g/mol. The van der Waals surface area contributed by atoms with Crippen molar-refractivity contribution < 1.29 is 10.2 Å². The van der Waals surface area contributed by atoms with Crippen LogP contribution in [0.2, 0.25) is 0 Å². The molecule has 0 radical (unpaired) electrons. The smallest absolute Gasteiger partial charge is 0.112 e. The lowest BCUT2D eigenvalue weighted by molar-refractivity contribution is 0.272. The fraction of sp³-hybridized carbons (Fsp3) is 0.778. The standard InChI is InChI=1S/C9H17N3O2/c1-7(2)9-8(6-14)10-11-12(9)4-3-5-13/h7,13-14H,3-6H2,1-2H3. The van der Waals surface area contributed by atoms with Crippen LogP contribution in [0.25, 0.3) is 0 Å². The zero-order valence-electron chi connectivity index (χ0n) is 8.64. The maximum absolute atomic E-state index is 9.04. The lowest BCUT2D eigenvalue weighted by atomic mass is 10.1. The third-order valence-electron chi connectivity index (χ3n) is 2.07. The molecule has 1 rings (SSSR count). The largest absolute Gasteiger partial charge is 0.396 e. The van der Waals surface area contributed by atoms with Gasteiger partial charge in [0.2, 0.25) is 0 Å². The van der Waals surface area contributed by atoms with Crippen molar-refractivity contribution in [2.45, 2.75) is 39.3 Å². The van der Waals surface area contributed by atoms with E-state index in [1.165, 1.54) is 0 Å². The fourth-order valence-corrected chi connectivity index (χ4v) is 1.49. The zero-order chi connectivity index (χ0) is 10.6. The summed E-state index contributed by atoms with van der Waals surface area (Å²) in [5, 5.41) is 25.6. The van der Waals surface area contributed by atoms with Crippen LogP contribution in [0.3, 0.4) is 0 Å². The van der Waals surface area contributed by atoms with Crippen LogP contribution in [0.4, 0.5) is 0 Å². The van der Waals surface area contributed by atoms with Gasteiger partial charge < -0.3 is 10.2 Å². The predicted octanol–water partition coefficient (Wildman–Crippen LogP) is 0.276. The third-order valence-corrected chi connectivity index (χ3v) is 2.07. The van der Waals surface area contributed by atoms with Gasteiger partial charge in [0.25, 0.3) is 0 Å². The summed E-state index contributed by atoms with van der Waals surface area (Å²) in [5.74, 6) is 0.283. The van der Waals surface area contributed by atoms with Crippen LogP contribution in [0.5, 0.6) is 0 Å². The van der Waals surface area contributed by atoms with Gasteiger partial charge in [-0.05, 0) is 12.3 Å². The first kappa shape index (κ1) is 11.1. The van der Waals surface area contributed by atoms with Crippen LogP contribution >= 0.6 is 0 Å². The van der Waals surface area contributed by atoms with Crippen molar-refractivity contribution in [3.63, 3.8) is 0 Å². The topological polar surface area (TPSA) is 71.2 Å². The van der Waals surface area contributed by atoms with Crippen molar-refractivity contribution in [2.75, 3.05) is 6.61 Å². The second kappa shape index (κ2) is 5.07. The van der Waals surface area contributed by atoms with Crippen LogP contribution in [0.15, 0.2) is 0 Å². The molecule has 0 amide bonds. The number of aliphatic hydroxyl groups is 2. The van der Waals surface area contributed by atoms with Gasteiger partial charge in [-0.15, -0.1) is 5.10 Å². The maximum atomic E-state index is 9.04. The highest BCUT2D eigenvalue weighted by Gasteiger charge is 2.14. The summed E-state index contributed by atoms with van der Waals surface area (Å²) in [6, 6.07) is 0. The first-order chi connectivity index (χ1) is 6.70. The van der Waals surface area contributed by atoms with Crippen LogP contribution in [0, 0.1) is 0 Å². The molecule has 1 aromatic heterocycles. The van der Waals surface area contributed by atoms with Crippen LogP contribution < -0.4 is 0 Å². The number of aliphatic hydroxyl groups excluding tert-OH is 2. The molecule has 1 aromatic rings. The molecule has 0 aliphatic carbocycles. The van der Waals surface area contributed by atoms with Crippen LogP contribution in [-0.4, -0.2) is 31.8 Å². The Labute approximate surface area is 83.4 Å². The highest BCUT2D eigenvalue weighted by Crippen LogP contribution is 2.17. The van der Waals surface area contributed by atoms with Gasteiger partial charge in [0.15, 0.2) is 0 Å². The molecule has 0 atom stereocenters. The van der Waals surface area contributed by atoms with E-state index in [1.54, 1.807) is 4.68 Å². The Hall–Kier alpha value is -0.940. The van der Waals surface area contributed by atoms with Gasteiger partial charge in [-0.3, -0.25) is 0 Å². The lowest BCUT2D eigenvalue weighted by Gasteiger charge is -2.09. The Morgan fingerprint density at radius 1 is 1.36 bits per heavy atom. The van der Waals surface area contributed by atoms with Gasteiger partial charge in [-0.1, -0.05) is 19.1 Å². The third kappa shape index (κ3) is 2.30. The molecular formula is C9H17N3O2. The molecule has 0 fully saturated rings. The number of aromatic nitrogens is 3. The fourth-order valence-electron chi connectivity index (χ4n) is 1.49. The van der Waals surface area contributed by atoms with Crippen LogP contribution in [-0.2, 0) is 13.2 Å². The minimum atomic E-state index is -0.0767. The van der Waals surface area contributed by atoms with Gasteiger partial charge in [0, 0.05) is 13.2 Å². The van der Waals surface area contributed by atoms with Crippen molar-refractivity contribution >= 4 is 0 Å². The maximum Gasteiger partial charge on any atom is 0.112 e. The van der Waals surface area contributed by atoms with Crippen LogP contribution in [0.1, 0.15) is 37.6 Å². The molecule has 0 saturated carbocycles. The first-order valence-corrected chi connectivity index (χ1v) is 4.84. The molecule has 1 heterocycles. The normalized spacial score (nSPS) is 11.2. The minimum Gasteiger partial charge on any atom is -0.396 e. The first-order valence-electron chi connectivity index (χ1n) is 4.84. The van der Waals surface area contributed by atoms with E-state index in [4.69, 9.17) is 10.2 Å². The monoisotopic (exact) mass is 199 g/mol. The van der Waals surface area contributed by atoms with E-state index < -0.39 is 0 Å². The van der Waals surface area contributed by atoms with E-state index in [1.807, 2.05) is 13.8 Å². The average Bonchev–Trinajstić information content (AvgIpc) is 2.57.